The summed E-state index contributed by atoms with van der Waals surface area (Å²) < 4.78 is 5.49. The lowest BCUT2D eigenvalue weighted by Gasteiger charge is -2.08. The average Bonchev–Trinajstić information content (AvgIpc) is 2.85. The Morgan fingerprint density at radius 1 is 1.11 bits per heavy atom. The van der Waals surface area contributed by atoms with Gasteiger partial charge in [0.2, 0.25) is 0 Å². The van der Waals surface area contributed by atoms with Crippen molar-refractivity contribution in [3.05, 3.63) is 58.6 Å². The number of hydrogen-bond donors (Lipinski definition) is 1. The van der Waals surface area contributed by atoms with Crippen molar-refractivity contribution in [2.75, 3.05) is 11.9 Å². The lowest BCUT2D eigenvalue weighted by molar-refractivity contribution is 0.357. The molecule has 92 valence electrons. The summed E-state index contributed by atoms with van der Waals surface area (Å²) in [5.41, 5.74) is 3.66. The molecule has 1 heterocycles. The van der Waals surface area contributed by atoms with Crippen molar-refractivity contribution in [3.63, 3.8) is 0 Å². The van der Waals surface area contributed by atoms with Gasteiger partial charge in [0.15, 0.2) is 0 Å². The zero-order valence-corrected chi connectivity index (χ0v) is 10.7. The minimum Gasteiger partial charge on any atom is -0.493 e. The second-order valence-electron chi connectivity index (χ2n) is 4.40. The first-order chi connectivity index (χ1) is 8.81. The van der Waals surface area contributed by atoms with Gasteiger partial charge in [0.1, 0.15) is 5.75 Å². The molecule has 0 spiro atoms. The van der Waals surface area contributed by atoms with Crippen LogP contribution in [0.15, 0.2) is 42.5 Å². The Balaban J connectivity index is 1.68. The van der Waals surface area contributed by atoms with Crippen LogP contribution >= 0.6 is 11.6 Å². The van der Waals surface area contributed by atoms with Gasteiger partial charge in [-0.2, -0.15) is 0 Å². The van der Waals surface area contributed by atoms with E-state index in [0.717, 1.165) is 36.0 Å². The maximum absolute atomic E-state index is 5.85. The Hall–Kier alpha value is -1.67. The molecule has 2 aromatic carbocycles. The quantitative estimate of drug-likeness (QED) is 0.903. The van der Waals surface area contributed by atoms with Gasteiger partial charge in [-0.15, -0.1) is 0 Å². The first-order valence-electron chi connectivity index (χ1n) is 6.05. The molecule has 1 aliphatic heterocycles. The van der Waals surface area contributed by atoms with Crippen LogP contribution in [0.1, 0.15) is 11.1 Å². The molecule has 0 fully saturated rings. The monoisotopic (exact) mass is 259 g/mol. The number of nitrogens with one attached hydrogen (secondary N) is 1. The van der Waals surface area contributed by atoms with Crippen LogP contribution in [0.2, 0.25) is 5.02 Å². The largest absolute Gasteiger partial charge is 0.493 e. The molecule has 3 heteroatoms. The van der Waals surface area contributed by atoms with Gasteiger partial charge in [0, 0.05) is 23.7 Å². The second-order valence-corrected chi connectivity index (χ2v) is 4.84. The summed E-state index contributed by atoms with van der Waals surface area (Å²) in [5, 5.41) is 4.14. The molecule has 2 nitrogen and oxygen atoms in total. The molecule has 3 rings (SSSR count). The summed E-state index contributed by atoms with van der Waals surface area (Å²) >= 11 is 5.85. The number of rotatable bonds is 3. The van der Waals surface area contributed by atoms with Crippen molar-refractivity contribution >= 4 is 17.3 Å². The fourth-order valence-electron chi connectivity index (χ4n) is 2.12. The van der Waals surface area contributed by atoms with E-state index in [9.17, 15) is 0 Å². The molecule has 0 saturated heterocycles. The Kier molecular flexibility index (Phi) is 3.11. The molecule has 18 heavy (non-hydrogen) atoms. The first-order valence-corrected chi connectivity index (χ1v) is 6.43. The number of benzene rings is 2. The van der Waals surface area contributed by atoms with Crippen LogP contribution in [-0.4, -0.2) is 6.61 Å². The highest BCUT2D eigenvalue weighted by Gasteiger charge is 2.11. The van der Waals surface area contributed by atoms with Gasteiger partial charge in [-0.1, -0.05) is 23.7 Å². The summed E-state index contributed by atoms with van der Waals surface area (Å²) in [7, 11) is 0. The molecule has 2 aromatic rings. The van der Waals surface area contributed by atoms with Crippen molar-refractivity contribution < 1.29 is 4.74 Å². The van der Waals surface area contributed by atoms with Crippen LogP contribution < -0.4 is 10.1 Å². The van der Waals surface area contributed by atoms with E-state index < -0.39 is 0 Å². The summed E-state index contributed by atoms with van der Waals surface area (Å²) in [6.45, 7) is 1.62. The smallest absolute Gasteiger partial charge is 0.122 e. The van der Waals surface area contributed by atoms with E-state index in [1.807, 2.05) is 24.3 Å². The van der Waals surface area contributed by atoms with Gasteiger partial charge >= 0.3 is 0 Å². The van der Waals surface area contributed by atoms with E-state index in [1.165, 1.54) is 11.1 Å². The molecule has 0 unspecified atom stereocenters. The highest BCUT2D eigenvalue weighted by Crippen LogP contribution is 2.26. The molecule has 0 bridgehead atoms. The minimum atomic E-state index is 0.759. The maximum atomic E-state index is 5.85. The van der Waals surface area contributed by atoms with Crippen molar-refractivity contribution in [1.82, 2.24) is 0 Å². The SMILES string of the molecule is Clc1ccc(NCc2ccc3c(c2)CCO3)cc1. The van der Waals surface area contributed by atoms with Crippen LogP contribution in [0.4, 0.5) is 5.69 Å². The van der Waals surface area contributed by atoms with Crippen molar-refractivity contribution in [2.45, 2.75) is 13.0 Å². The van der Waals surface area contributed by atoms with Gasteiger partial charge in [-0.3, -0.25) is 0 Å². The van der Waals surface area contributed by atoms with Gasteiger partial charge in [-0.05, 0) is 41.5 Å². The van der Waals surface area contributed by atoms with Crippen molar-refractivity contribution in [3.8, 4) is 5.75 Å². The Labute approximate surface area is 112 Å². The molecular weight excluding hydrogens is 246 g/mol. The molecular formula is C15H14ClNO. The Morgan fingerprint density at radius 3 is 2.78 bits per heavy atom. The third-order valence-corrected chi connectivity index (χ3v) is 3.35. The van der Waals surface area contributed by atoms with E-state index in [-0.39, 0.29) is 0 Å². The molecule has 0 radical (unpaired) electrons. The zero-order chi connectivity index (χ0) is 12.4. The third kappa shape index (κ3) is 2.44. The molecule has 1 aliphatic rings. The fourth-order valence-corrected chi connectivity index (χ4v) is 2.25. The van der Waals surface area contributed by atoms with Gasteiger partial charge in [0.25, 0.3) is 0 Å². The molecule has 0 aliphatic carbocycles. The maximum Gasteiger partial charge on any atom is 0.122 e. The second kappa shape index (κ2) is 4.91. The molecule has 0 atom stereocenters. The number of fused-ring (bicyclic) bond motifs is 1. The Morgan fingerprint density at radius 2 is 1.94 bits per heavy atom. The standard InChI is InChI=1S/C15H14ClNO/c16-13-2-4-14(5-3-13)17-10-11-1-6-15-12(9-11)7-8-18-15/h1-6,9,17H,7-8,10H2. The molecule has 0 aromatic heterocycles. The fraction of sp³-hybridized carbons (Fsp3) is 0.200. The van der Waals surface area contributed by atoms with Crippen LogP contribution in [0.3, 0.4) is 0 Å². The predicted molar refractivity (Wildman–Crippen MR) is 74.4 cm³/mol. The number of ether oxygens (including phenoxy) is 1. The highest BCUT2D eigenvalue weighted by molar-refractivity contribution is 6.30. The topological polar surface area (TPSA) is 21.3 Å². The van der Waals surface area contributed by atoms with Crippen LogP contribution in [0, 0.1) is 0 Å². The van der Waals surface area contributed by atoms with Crippen molar-refractivity contribution in [2.24, 2.45) is 0 Å². The van der Waals surface area contributed by atoms with E-state index in [2.05, 4.69) is 23.5 Å². The zero-order valence-electron chi connectivity index (χ0n) is 9.95. The molecule has 0 amide bonds. The first kappa shape index (κ1) is 11.4. The van der Waals surface area contributed by atoms with Crippen LogP contribution in [0.25, 0.3) is 0 Å². The van der Waals surface area contributed by atoms with E-state index in [0.29, 0.717) is 0 Å². The summed E-state index contributed by atoms with van der Waals surface area (Å²) in [6, 6.07) is 14.1. The highest BCUT2D eigenvalue weighted by atomic mass is 35.5. The van der Waals surface area contributed by atoms with Crippen LogP contribution in [-0.2, 0) is 13.0 Å². The van der Waals surface area contributed by atoms with Gasteiger partial charge in [-0.25, -0.2) is 0 Å². The van der Waals surface area contributed by atoms with Crippen molar-refractivity contribution in [1.29, 1.82) is 0 Å². The van der Waals surface area contributed by atoms with E-state index in [1.54, 1.807) is 0 Å². The third-order valence-electron chi connectivity index (χ3n) is 3.09. The summed E-state index contributed by atoms with van der Waals surface area (Å²) in [5.74, 6) is 1.03. The number of hydrogen-bond acceptors (Lipinski definition) is 2. The lowest BCUT2D eigenvalue weighted by atomic mass is 10.1. The van der Waals surface area contributed by atoms with Gasteiger partial charge < -0.3 is 10.1 Å². The van der Waals surface area contributed by atoms with Crippen LogP contribution in [0.5, 0.6) is 5.75 Å². The number of halogens is 1. The Bertz CT molecular complexity index is 551. The van der Waals surface area contributed by atoms with Gasteiger partial charge in [0.05, 0.1) is 6.61 Å². The van der Waals surface area contributed by atoms with E-state index >= 15 is 0 Å². The average molecular weight is 260 g/mol. The lowest BCUT2D eigenvalue weighted by Crippen LogP contribution is -1.99. The molecule has 0 saturated carbocycles. The minimum absolute atomic E-state index is 0.759. The normalized spacial score (nSPS) is 12.9. The predicted octanol–water partition coefficient (Wildman–Crippen LogP) is 3.89. The number of anilines is 1. The summed E-state index contributed by atoms with van der Waals surface area (Å²) in [6.07, 6.45) is 1.02. The van der Waals surface area contributed by atoms with E-state index in [4.69, 9.17) is 16.3 Å². The summed E-state index contributed by atoms with van der Waals surface area (Å²) in [4.78, 5) is 0. The molecule has 1 N–H and O–H groups in total.